The van der Waals surface area contributed by atoms with Crippen molar-refractivity contribution < 1.29 is 14.4 Å². The number of hydrogen-bond donors (Lipinski definition) is 4. The van der Waals surface area contributed by atoms with Crippen LogP contribution in [0.3, 0.4) is 0 Å². The molecule has 2 aromatic rings. The Bertz CT molecular complexity index is 707. The Morgan fingerprint density at radius 2 is 0.917 bits per heavy atom. The van der Waals surface area contributed by atoms with Gasteiger partial charge >= 0.3 is 12.1 Å². The molecular formula is C15H16N6O3. The summed E-state index contributed by atoms with van der Waals surface area (Å²) in [6.45, 7) is 0. The van der Waals surface area contributed by atoms with Crippen molar-refractivity contribution in [3.05, 3.63) is 59.7 Å². The van der Waals surface area contributed by atoms with Crippen LogP contribution in [0.2, 0.25) is 0 Å². The molecule has 2 aromatic carbocycles. The average Bonchev–Trinajstić information content (AvgIpc) is 2.60. The Morgan fingerprint density at radius 1 is 0.625 bits per heavy atom. The highest BCUT2D eigenvalue weighted by molar-refractivity contribution is 6.09. The number of amides is 4. The van der Waals surface area contributed by atoms with E-state index in [4.69, 9.17) is 23.2 Å². The highest BCUT2D eigenvalue weighted by Gasteiger charge is 2.13. The lowest BCUT2D eigenvalue weighted by molar-refractivity contribution is 0.103. The molecule has 124 valence electrons. The highest BCUT2D eigenvalue weighted by Crippen LogP contribution is 2.18. The van der Waals surface area contributed by atoms with Gasteiger partial charge < -0.3 is 11.5 Å². The minimum absolute atomic E-state index is 0.251. The molecule has 0 heterocycles. The second-order valence-corrected chi connectivity index (χ2v) is 4.84. The zero-order chi connectivity index (χ0) is 17.9. The van der Waals surface area contributed by atoms with Gasteiger partial charge in [-0.1, -0.05) is 0 Å². The number of anilines is 2. The summed E-state index contributed by atoms with van der Waals surface area (Å²) >= 11 is 0. The first-order chi connectivity index (χ1) is 11.3. The summed E-state index contributed by atoms with van der Waals surface area (Å²) in [6.07, 6.45) is 0. The molecule has 0 spiro atoms. The maximum Gasteiger partial charge on any atom is 0.333 e. The fraction of sp³-hybridized carbons (Fsp3) is 0. The molecule has 4 amide bonds. The smallest absolute Gasteiger partial charge is 0.333 e. The van der Waals surface area contributed by atoms with Gasteiger partial charge in [0.2, 0.25) is 0 Å². The Kier molecular flexibility index (Phi) is 4.78. The van der Waals surface area contributed by atoms with E-state index in [-0.39, 0.29) is 5.78 Å². The molecule has 0 aliphatic heterocycles. The average molecular weight is 328 g/mol. The van der Waals surface area contributed by atoms with E-state index in [2.05, 4.69) is 0 Å². The zero-order valence-electron chi connectivity index (χ0n) is 12.5. The van der Waals surface area contributed by atoms with Gasteiger partial charge in [0.1, 0.15) is 0 Å². The van der Waals surface area contributed by atoms with Crippen LogP contribution in [0, 0.1) is 0 Å². The monoisotopic (exact) mass is 328 g/mol. The summed E-state index contributed by atoms with van der Waals surface area (Å²) in [7, 11) is 0. The van der Waals surface area contributed by atoms with E-state index in [0.29, 0.717) is 22.5 Å². The molecule has 9 nitrogen and oxygen atoms in total. The largest absolute Gasteiger partial charge is 0.350 e. The van der Waals surface area contributed by atoms with E-state index in [1.807, 2.05) is 0 Å². The minimum atomic E-state index is -0.814. The number of hydrazine groups is 2. The van der Waals surface area contributed by atoms with Crippen LogP contribution in [0.1, 0.15) is 15.9 Å². The first-order valence-corrected chi connectivity index (χ1v) is 6.74. The number of hydrogen-bond acceptors (Lipinski definition) is 5. The third-order valence-corrected chi connectivity index (χ3v) is 3.29. The normalized spacial score (nSPS) is 10.1. The SMILES string of the molecule is NC(=O)N(N)c1ccc(C(=O)c2ccc(N(N)C(N)=O)cc2)cc1. The van der Waals surface area contributed by atoms with Gasteiger partial charge in [-0.2, -0.15) is 0 Å². The molecule has 0 aliphatic carbocycles. The third kappa shape index (κ3) is 3.48. The van der Waals surface area contributed by atoms with Crippen LogP contribution in [0.5, 0.6) is 0 Å². The van der Waals surface area contributed by atoms with Gasteiger partial charge in [0, 0.05) is 11.1 Å². The Balaban J connectivity index is 2.20. The van der Waals surface area contributed by atoms with Crippen molar-refractivity contribution in [1.82, 2.24) is 0 Å². The Labute approximate surface area is 137 Å². The van der Waals surface area contributed by atoms with E-state index in [1.165, 1.54) is 48.5 Å². The predicted molar refractivity (Wildman–Crippen MR) is 88.8 cm³/mol. The van der Waals surface area contributed by atoms with Crippen molar-refractivity contribution in [3.8, 4) is 0 Å². The summed E-state index contributed by atoms with van der Waals surface area (Å²) in [5.74, 6) is 10.7. The number of rotatable bonds is 4. The first kappa shape index (κ1) is 16.9. The van der Waals surface area contributed by atoms with Gasteiger partial charge in [0.25, 0.3) is 0 Å². The van der Waals surface area contributed by atoms with Gasteiger partial charge in [-0.3, -0.25) is 4.79 Å². The Morgan fingerprint density at radius 3 is 1.17 bits per heavy atom. The molecule has 0 saturated heterocycles. The van der Waals surface area contributed by atoms with E-state index in [9.17, 15) is 14.4 Å². The van der Waals surface area contributed by atoms with Crippen LogP contribution in [0.25, 0.3) is 0 Å². The van der Waals surface area contributed by atoms with Gasteiger partial charge in [0.05, 0.1) is 11.4 Å². The Hall–Kier alpha value is -3.43. The quantitative estimate of drug-likeness (QED) is 0.276. The van der Waals surface area contributed by atoms with Crippen molar-refractivity contribution >= 4 is 29.2 Å². The molecule has 0 saturated carbocycles. The lowest BCUT2D eigenvalue weighted by Crippen LogP contribution is -2.41. The maximum atomic E-state index is 12.4. The summed E-state index contributed by atoms with van der Waals surface area (Å²) in [5.41, 5.74) is 11.6. The lowest BCUT2D eigenvalue weighted by Gasteiger charge is -2.14. The number of urea groups is 2. The molecule has 8 N–H and O–H groups in total. The second-order valence-electron chi connectivity index (χ2n) is 4.84. The fourth-order valence-electron chi connectivity index (χ4n) is 1.97. The fourth-order valence-corrected chi connectivity index (χ4v) is 1.97. The molecule has 0 fully saturated rings. The summed E-state index contributed by atoms with van der Waals surface area (Å²) in [4.78, 5) is 34.4. The van der Waals surface area contributed by atoms with Crippen LogP contribution >= 0.6 is 0 Å². The van der Waals surface area contributed by atoms with Crippen molar-refractivity contribution in [3.63, 3.8) is 0 Å². The number of nitrogens with two attached hydrogens (primary N) is 4. The third-order valence-electron chi connectivity index (χ3n) is 3.29. The van der Waals surface area contributed by atoms with Crippen molar-refractivity contribution in [1.29, 1.82) is 0 Å². The number of benzene rings is 2. The number of nitrogens with zero attached hydrogens (tertiary/aromatic N) is 2. The van der Waals surface area contributed by atoms with E-state index < -0.39 is 12.1 Å². The number of carbonyl (C=O) groups excluding carboxylic acids is 3. The molecule has 9 heteroatoms. The highest BCUT2D eigenvalue weighted by atomic mass is 16.2. The molecule has 2 rings (SSSR count). The predicted octanol–water partition coefficient (Wildman–Crippen LogP) is 0.435. The molecule has 0 radical (unpaired) electrons. The second kappa shape index (κ2) is 6.77. The van der Waals surface area contributed by atoms with E-state index in [0.717, 1.165) is 10.0 Å². The van der Waals surface area contributed by atoms with Gasteiger partial charge in [-0.25, -0.2) is 31.3 Å². The van der Waals surface area contributed by atoms with E-state index >= 15 is 0 Å². The first-order valence-electron chi connectivity index (χ1n) is 6.74. The standard InChI is InChI=1S/C15H16N6O3/c16-14(23)20(18)11-5-1-9(2-6-11)13(22)10-3-7-12(8-4-10)21(19)15(17)24/h1-8H,18-19H2,(H2,16,23)(H2,17,24). The number of primary amides is 2. The van der Waals surface area contributed by atoms with Crippen LogP contribution < -0.4 is 33.2 Å². The lowest BCUT2D eigenvalue weighted by atomic mass is 10.0. The molecule has 0 unspecified atom stereocenters. The molecule has 0 aliphatic rings. The van der Waals surface area contributed by atoms with Crippen LogP contribution in [0.15, 0.2) is 48.5 Å². The summed E-state index contributed by atoms with van der Waals surface area (Å²) < 4.78 is 0. The minimum Gasteiger partial charge on any atom is -0.350 e. The number of carbonyl (C=O) groups is 3. The topological polar surface area (TPSA) is 162 Å². The molecule has 0 atom stereocenters. The van der Waals surface area contributed by atoms with Crippen molar-refractivity contribution in [2.75, 3.05) is 10.0 Å². The van der Waals surface area contributed by atoms with Gasteiger partial charge in [0.15, 0.2) is 5.78 Å². The van der Waals surface area contributed by atoms with Crippen LogP contribution in [0.4, 0.5) is 21.0 Å². The van der Waals surface area contributed by atoms with Gasteiger partial charge in [-0.15, -0.1) is 0 Å². The molecule has 0 aromatic heterocycles. The van der Waals surface area contributed by atoms with Crippen LogP contribution in [-0.2, 0) is 0 Å². The molecular weight excluding hydrogens is 312 g/mol. The van der Waals surface area contributed by atoms with Crippen molar-refractivity contribution in [2.45, 2.75) is 0 Å². The molecule has 0 bridgehead atoms. The summed E-state index contributed by atoms with van der Waals surface area (Å²) in [6, 6.07) is 10.5. The number of ketones is 1. The van der Waals surface area contributed by atoms with Crippen molar-refractivity contribution in [2.24, 2.45) is 23.2 Å². The summed E-state index contributed by atoms with van der Waals surface area (Å²) in [5, 5.41) is 1.53. The van der Waals surface area contributed by atoms with E-state index in [1.54, 1.807) is 0 Å². The molecule has 24 heavy (non-hydrogen) atoms. The maximum absolute atomic E-state index is 12.4. The van der Waals surface area contributed by atoms with Gasteiger partial charge in [-0.05, 0) is 48.5 Å². The van der Waals surface area contributed by atoms with Crippen LogP contribution in [-0.4, -0.2) is 17.8 Å². The zero-order valence-corrected chi connectivity index (χ0v) is 12.5.